The summed E-state index contributed by atoms with van der Waals surface area (Å²) in [6, 6.07) is 2.71. The molecule has 2 nitrogen and oxygen atoms in total. The van der Waals surface area contributed by atoms with Crippen LogP contribution in [0.15, 0.2) is 18.5 Å². The van der Waals surface area contributed by atoms with Crippen LogP contribution in [-0.2, 0) is 6.54 Å². The molecule has 98 valence electrons. The first-order chi connectivity index (χ1) is 8.17. The monoisotopic (exact) mass is 236 g/mol. The topological polar surface area (TPSA) is 17.0 Å². The van der Waals surface area contributed by atoms with Gasteiger partial charge in [-0.3, -0.25) is 0 Å². The van der Waals surface area contributed by atoms with E-state index in [4.69, 9.17) is 0 Å². The maximum Gasteiger partial charge on any atom is 0.0306 e. The fourth-order valence-electron chi connectivity index (χ4n) is 2.25. The Morgan fingerprint density at radius 2 is 2.00 bits per heavy atom. The van der Waals surface area contributed by atoms with Crippen LogP contribution in [0.2, 0.25) is 0 Å². The van der Waals surface area contributed by atoms with Gasteiger partial charge in [0.1, 0.15) is 0 Å². The minimum Gasteiger partial charge on any atom is -0.354 e. The Morgan fingerprint density at radius 1 is 1.24 bits per heavy atom. The van der Waals surface area contributed by atoms with Gasteiger partial charge in [-0.1, -0.05) is 27.2 Å². The highest BCUT2D eigenvalue weighted by Gasteiger charge is 2.07. The van der Waals surface area contributed by atoms with E-state index in [1.54, 1.807) is 0 Å². The summed E-state index contributed by atoms with van der Waals surface area (Å²) in [6.07, 6.45) is 8.30. The smallest absolute Gasteiger partial charge is 0.0306 e. The molecule has 1 rings (SSSR count). The molecule has 0 aromatic carbocycles. The van der Waals surface area contributed by atoms with Crippen LogP contribution in [0.4, 0.5) is 0 Å². The van der Waals surface area contributed by atoms with Crippen LogP contribution in [-0.4, -0.2) is 11.1 Å². The van der Waals surface area contributed by atoms with Crippen LogP contribution in [0.5, 0.6) is 0 Å². The second-order valence-electron chi connectivity index (χ2n) is 5.21. The number of aromatic nitrogens is 1. The Balaban J connectivity index is 2.46. The average molecular weight is 236 g/mol. The summed E-state index contributed by atoms with van der Waals surface area (Å²) in [4.78, 5) is 0. The Bertz CT molecular complexity index is 304. The normalized spacial score (nSPS) is 14.8. The summed E-state index contributed by atoms with van der Waals surface area (Å²) >= 11 is 0. The van der Waals surface area contributed by atoms with Crippen molar-refractivity contribution < 1.29 is 0 Å². The van der Waals surface area contributed by atoms with Crippen molar-refractivity contribution in [2.75, 3.05) is 6.54 Å². The third kappa shape index (κ3) is 4.95. The van der Waals surface area contributed by atoms with E-state index in [9.17, 15) is 0 Å². The molecule has 0 spiro atoms. The molecule has 0 aliphatic carbocycles. The Labute approximate surface area is 106 Å². The number of nitrogens with zero attached hydrogens (tertiary/aromatic N) is 1. The van der Waals surface area contributed by atoms with E-state index in [-0.39, 0.29) is 0 Å². The standard InChI is InChI=1S/C15H28N2/c1-5-7-13(3)11-17-10-8-15(12-17)14(4)16-9-6-2/h8,10,12-14,16H,5-7,9,11H2,1-4H3. The molecule has 0 saturated carbocycles. The van der Waals surface area contributed by atoms with Gasteiger partial charge in [0.2, 0.25) is 0 Å². The quantitative estimate of drug-likeness (QED) is 0.722. The molecule has 0 fully saturated rings. The van der Waals surface area contributed by atoms with Gasteiger partial charge in [0.25, 0.3) is 0 Å². The first kappa shape index (κ1) is 14.3. The zero-order chi connectivity index (χ0) is 12.7. The summed E-state index contributed by atoms with van der Waals surface area (Å²) in [5, 5.41) is 3.53. The number of nitrogens with one attached hydrogen (secondary N) is 1. The van der Waals surface area contributed by atoms with Gasteiger partial charge in [0.15, 0.2) is 0 Å². The van der Waals surface area contributed by atoms with Crippen LogP contribution in [0.1, 0.15) is 58.6 Å². The number of hydrogen-bond donors (Lipinski definition) is 1. The largest absolute Gasteiger partial charge is 0.354 e. The van der Waals surface area contributed by atoms with Crippen LogP contribution in [0, 0.1) is 5.92 Å². The Hall–Kier alpha value is -0.760. The van der Waals surface area contributed by atoms with Gasteiger partial charge in [-0.05, 0) is 43.9 Å². The molecule has 17 heavy (non-hydrogen) atoms. The molecule has 2 atom stereocenters. The molecule has 0 aliphatic rings. The fraction of sp³-hybridized carbons (Fsp3) is 0.733. The van der Waals surface area contributed by atoms with Crippen molar-refractivity contribution >= 4 is 0 Å². The number of rotatable bonds is 8. The zero-order valence-electron chi connectivity index (χ0n) is 11.9. The second kappa shape index (κ2) is 7.54. The lowest BCUT2D eigenvalue weighted by atomic mass is 10.1. The lowest BCUT2D eigenvalue weighted by Gasteiger charge is -2.13. The zero-order valence-corrected chi connectivity index (χ0v) is 11.9. The summed E-state index contributed by atoms with van der Waals surface area (Å²) in [5.41, 5.74) is 1.40. The molecule has 2 unspecified atom stereocenters. The molecule has 0 bridgehead atoms. The maximum atomic E-state index is 3.53. The van der Waals surface area contributed by atoms with E-state index in [1.807, 2.05) is 0 Å². The van der Waals surface area contributed by atoms with Gasteiger partial charge in [-0.2, -0.15) is 0 Å². The van der Waals surface area contributed by atoms with E-state index >= 15 is 0 Å². The van der Waals surface area contributed by atoms with Crippen molar-refractivity contribution in [3.05, 3.63) is 24.0 Å². The van der Waals surface area contributed by atoms with Crippen molar-refractivity contribution in [1.82, 2.24) is 9.88 Å². The minimum absolute atomic E-state index is 0.470. The molecule has 0 radical (unpaired) electrons. The highest BCUT2D eigenvalue weighted by molar-refractivity contribution is 5.14. The average Bonchev–Trinajstić information content (AvgIpc) is 2.74. The van der Waals surface area contributed by atoms with E-state index in [0.29, 0.717) is 6.04 Å². The van der Waals surface area contributed by atoms with Crippen molar-refractivity contribution in [2.45, 2.75) is 59.5 Å². The highest BCUT2D eigenvalue weighted by atomic mass is 15.0. The lowest BCUT2D eigenvalue weighted by Crippen LogP contribution is -2.18. The lowest BCUT2D eigenvalue weighted by molar-refractivity contribution is 0.445. The third-order valence-electron chi connectivity index (χ3n) is 3.28. The van der Waals surface area contributed by atoms with Crippen LogP contribution < -0.4 is 5.32 Å². The predicted molar refractivity (Wildman–Crippen MR) is 75.2 cm³/mol. The molecular weight excluding hydrogens is 208 g/mol. The van der Waals surface area contributed by atoms with Gasteiger partial charge in [0, 0.05) is 25.0 Å². The molecule has 0 amide bonds. The first-order valence-corrected chi connectivity index (χ1v) is 7.06. The van der Waals surface area contributed by atoms with E-state index < -0.39 is 0 Å². The van der Waals surface area contributed by atoms with Crippen molar-refractivity contribution in [2.24, 2.45) is 5.92 Å². The van der Waals surface area contributed by atoms with Gasteiger partial charge in [-0.15, -0.1) is 0 Å². The maximum absolute atomic E-state index is 3.53. The highest BCUT2D eigenvalue weighted by Crippen LogP contribution is 2.15. The molecule has 1 N–H and O–H groups in total. The Morgan fingerprint density at radius 3 is 2.65 bits per heavy atom. The molecule has 1 aromatic rings. The van der Waals surface area contributed by atoms with Crippen molar-refractivity contribution in [3.8, 4) is 0 Å². The predicted octanol–water partition coefficient (Wildman–Crippen LogP) is 3.98. The van der Waals surface area contributed by atoms with Gasteiger partial charge < -0.3 is 9.88 Å². The van der Waals surface area contributed by atoms with Crippen molar-refractivity contribution in [3.63, 3.8) is 0 Å². The molecule has 1 heterocycles. The van der Waals surface area contributed by atoms with Crippen molar-refractivity contribution in [1.29, 1.82) is 0 Å². The first-order valence-electron chi connectivity index (χ1n) is 7.06. The fourth-order valence-corrected chi connectivity index (χ4v) is 2.25. The van der Waals surface area contributed by atoms with Gasteiger partial charge in [0.05, 0.1) is 0 Å². The molecule has 0 aliphatic heterocycles. The summed E-state index contributed by atoms with van der Waals surface area (Å²) in [6.45, 7) is 11.3. The molecule has 2 heteroatoms. The molecule has 1 aromatic heterocycles. The SMILES string of the molecule is CCCNC(C)c1ccn(CC(C)CCC)c1. The van der Waals surface area contributed by atoms with Gasteiger partial charge >= 0.3 is 0 Å². The van der Waals surface area contributed by atoms with Crippen LogP contribution >= 0.6 is 0 Å². The summed E-state index contributed by atoms with van der Waals surface area (Å²) < 4.78 is 2.33. The van der Waals surface area contributed by atoms with E-state index in [1.165, 1.54) is 24.8 Å². The van der Waals surface area contributed by atoms with Crippen LogP contribution in [0.3, 0.4) is 0 Å². The van der Waals surface area contributed by atoms with E-state index in [2.05, 4.69) is 56.0 Å². The molecular formula is C15H28N2. The number of hydrogen-bond acceptors (Lipinski definition) is 1. The summed E-state index contributed by atoms with van der Waals surface area (Å²) in [7, 11) is 0. The molecule has 0 saturated heterocycles. The van der Waals surface area contributed by atoms with Crippen LogP contribution in [0.25, 0.3) is 0 Å². The Kier molecular flexibility index (Phi) is 6.35. The third-order valence-corrected chi connectivity index (χ3v) is 3.28. The second-order valence-corrected chi connectivity index (χ2v) is 5.21. The minimum atomic E-state index is 0.470. The summed E-state index contributed by atoms with van der Waals surface area (Å²) in [5.74, 6) is 0.777. The van der Waals surface area contributed by atoms with E-state index in [0.717, 1.165) is 19.0 Å². The van der Waals surface area contributed by atoms with Gasteiger partial charge in [-0.25, -0.2) is 0 Å².